The highest BCUT2D eigenvalue weighted by Gasteiger charge is 2.10. The lowest BCUT2D eigenvalue weighted by molar-refractivity contribution is 0.112. The molecule has 0 N–H and O–H groups in total. The van der Waals surface area contributed by atoms with Crippen molar-refractivity contribution >= 4 is 17.9 Å². The minimum Gasteiger partial charge on any atom is -0.495 e. The Morgan fingerprint density at radius 3 is 2.75 bits per heavy atom. The standard InChI is InChI=1S/C8H6ClFO2/c1-12-6-3-2-5(4-11)8(10)7(6)9/h2-4H,1H3. The molecule has 4 heteroatoms. The largest absolute Gasteiger partial charge is 0.495 e. The van der Waals surface area contributed by atoms with Crippen molar-refractivity contribution in [2.24, 2.45) is 0 Å². The molecule has 2 nitrogen and oxygen atoms in total. The number of aldehydes is 1. The Morgan fingerprint density at radius 1 is 1.58 bits per heavy atom. The van der Waals surface area contributed by atoms with Gasteiger partial charge in [0.15, 0.2) is 12.1 Å². The Morgan fingerprint density at radius 2 is 2.25 bits per heavy atom. The summed E-state index contributed by atoms with van der Waals surface area (Å²) in [5.74, 6) is -0.522. The third kappa shape index (κ3) is 1.41. The number of carbonyl (C=O) groups excluding carboxylic acids is 1. The Balaban J connectivity index is 3.29. The number of hydrogen-bond acceptors (Lipinski definition) is 2. The Hall–Kier alpha value is -1.09. The fourth-order valence-corrected chi connectivity index (χ4v) is 1.04. The fraction of sp³-hybridized carbons (Fsp3) is 0.125. The van der Waals surface area contributed by atoms with Crippen molar-refractivity contribution in [3.63, 3.8) is 0 Å². The van der Waals surface area contributed by atoms with Gasteiger partial charge in [-0.05, 0) is 12.1 Å². The van der Waals surface area contributed by atoms with E-state index in [-0.39, 0.29) is 16.3 Å². The first-order valence-electron chi connectivity index (χ1n) is 3.18. The second-order valence-electron chi connectivity index (χ2n) is 2.10. The topological polar surface area (TPSA) is 26.3 Å². The highest BCUT2D eigenvalue weighted by Crippen LogP contribution is 2.28. The Bertz CT molecular complexity index is 312. The number of methoxy groups -OCH3 is 1. The fourth-order valence-electron chi connectivity index (χ4n) is 0.795. The van der Waals surface area contributed by atoms with E-state index in [2.05, 4.69) is 0 Å². The molecule has 12 heavy (non-hydrogen) atoms. The molecule has 0 radical (unpaired) electrons. The van der Waals surface area contributed by atoms with Crippen LogP contribution < -0.4 is 4.74 Å². The van der Waals surface area contributed by atoms with Gasteiger partial charge in [-0.3, -0.25) is 4.79 Å². The molecule has 1 aromatic carbocycles. The predicted octanol–water partition coefficient (Wildman–Crippen LogP) is 2.30. The third-order valence-corrected chi connectivity index (χ3v) is 1.78. The average molecular weight is 189 g/mol. The van der Waals surface area contributed by atoms with Gasteiger partial charge < -0.3 is 4.74 Å². The van der Waals surface area contributed by atoms with Crippen molar-refractivity contribution in [2.45, 2.75) is 0 Å². The van der Waals surface area contributed by atoms with E-state index in [1.165, 1.54) is 19.2 Å². The smallest absolute Gasteiger partial charge is 0.156 e. The van der Waals surface area contributed by atoms with Gasteiger partial charge in [0.1, 0.15) is 10.8 Å². The van der Waals surface area contributed by atoms with Gasteiger partial charge in [-0.2, -0.15) is 0 Å². The molecule has 64 valence electrons. The summed E-state index contributed by atoms with van der Waals surface area (Å²) in [4.78, 5) is 10.2. The van der Waals surface area contributed by atoms with Crippen LogP contribution in [0.5, 0.6) is 5.75 Å². The molecule has 0 atom stereocenters. The van der Waals surface area contributed by atoms with E-state index < -0.39 is 5.82 Å². The van der Waals surface area contributed by atoms with Gasteiger partial charge in [0.05, 0.1) is 12.7 Å². The molecule has 1 rings (SSSR count). The molecule has 0 aliphatic heterocycles. The number of halogens is 2. The van der Waals surface area contributed by atoms with Gasteiger partial charge in [-0.15, -0.1) is 0 Å². The van der Waals surface area contributed by atoms with E-state index in [1.807, 2.05) is 0 Å². The van der Waals surface area contributed by atoms with Crippen LogP contribution in [0.4, 0.5) is 4.39 Å². The first kappa shape index (κ1) is 9.00. The lowest BCUT2D eigenvalue weighted by Crippen LogP contribution is -1.92. The van der Waals surface area contributed by atoms with Crippen LogP contribution in [0.25, 0.3) is 0 Å². The summed E-state index contributed by atoms with van der Waals surface area (Å²) in [5, 5.41) is -0.165. The SMILES string of the molecule is COc1ccc(C=O)c(F)c1Cl. The molecule has 0 amide bonds. The van der Waals surface area contributed by atoms with Crippen LogP contribution >= 0.6 is 11.6 Å². The van der Waals surface area contributed by atoms with Crippen molar-refractivity contribution in [3.8, 4) is 5.75 Å². The average Bonchev–Trinajstić information content (AvgIpc) is 2.10. The molecule has 0 saturated carbocycles. The molecule has 0 aliphatic rings. The number of ether oxygens (including phenoxy) is 1. The quantitative estimate of drug-likeness (QED) is 0.666. The van der Waals surface area contributed by atoms with Crippen molar-refractivity contribution in [2.75, 3.05) is 7.11 Å². The summed E-state index contributed by atoms with van der Waals surface area (Å²) < 4.78 is 17.7. The van der Waals surface area contributed by atoms with Gasteiger partial charge in [0.25, 0.3) is 0 Å². The summed E-state index contributed by atoms with van der Waals surface area (Å²) in [6.45, 7) is 0. The molecule has 0 unspecified atom stereocenters. The molecule has 0 heterocycles. The van der Waals surface area contributed by atoms with Gasteiger partial charge in [-0.1, -0.05) is 11.6 Å². The zero-order chi connectivity index (χ0) is 9.14. The minimum absolute atomic E-state index is 0.0687. The van der Waals surface area contributed by atoms with E-state index in [0.29, 0.717) is 6.29 Å². The van der Waals surface area contributed by atoms with Crippen molar-refractivity contribution in [3.05, 3.63) is 28.5 Å². The van der Waals surface area contributed by atoms with E-state index >= 15 is 0 Å². The van der Waals surface area contributed by atoms with Crippen molar-refractivity contribution < 1.29 is 13.9 Å². The minimum atomic E-state index is -0.744. The van der Waals surface area contributed by atoms with E-state index in [9.17, 15) is 9.18 Å². The number of carbonyl (C=O) groups is 1. The Kier molecular flexibility index (Phi) is 2.65. The summed E-state index contributed by atoms with van der Waals surface area (Å²) >= 11 is 5.52. The van der Waals surface area contributed by atoms with E-state index in [1.54, 1.807) is 0 Å². The summed E-state index contributed by atoms with van der Waals surface area (Å²) in [6, 6.07) is 2.75. The van der Waals surface area contributed by atoms with Crippen LogP contribution in [0.3, 0.4) is 0 Å². The number of hydrogen-bond donors (Lipinski definition) is 0. The van der Waals surface area contributed by atoms with Gasteiger partial charge in [0, 0.05) is 0 Å². The third-order valence-electron chi connectivity index (χ3n) is 1.42. The maximum Gasteiger partial charge on any atom is 0.156 e. The lowest BCUT2D eigenvalue weighted by Gasteiger charge is -2.03. The summed E-state index contributed by atoms with van der Waals surface area (Å²) in [7, 11) is 1.38. The molecule has 0 aromatic heterocycles. The van der Waals surface area contributed by atoms with Crippen LogP contribution in [-0.2, 0) is 0 Å². The van der Waals surface area contributed by atoms with Crippen LogP contribution in [0, 0.1) is 5.82 Å². The highest BCUT2D eigenvalue weighted by atomic mass is 35.5. The maximum atomic E-state index is 13.0. The number of benzene rings is 1. The molecule has 1 aromatic rings. The predicted molar refractivity (Wildman–Crippen MR) is 43.3 cm³/mol. The van der Waals surface area contributed by atoms with Crippen LogP contribution in [0.1, 0.15) is 10.4 Å². The zero-order valence-corrected chi connectivity index (χ0v) is 7.06. The van der Waals surface area contributed by atoms with Crippen LogP contribution in [0.2, 0.25) is 5.02 Å². The van der Waals surface area contributed by atoms with Crippen molar-refractivity contribution in [1.82, 2.24) is 0 Å². The monoisotopic (exact) mass is 188 g/mol. The van der Waals surface area contributed by atoms with Crippen molar-refractivity contribution in [1.29, 1.82) is 0 Å². The normalized spacial score (nSPS) is 9.58. The lowest BCUT2D eigenvalue weighted by atomic mass is 10.2. The van der Waals surface area contributed by atoms with E-state index in [0.717, 1.165) is 0 Å². The molecular weight excluding hydrogens is 183 g/mol. The molecular formula is C8H6ClFO2. The maximum absolute atomic E-state index is 13.0. The summed E-state index contributed by atoms with van der Waals surface area (Å²) in [6.07, 6.45) is 0.403. The molecule has 0 bridgehead atoms. The van der Waals surface area contributed by atoms with Gasteiger partial charge >= 0.3 is 0 Å². The Labute approximate surface area is 73.9 Å². The summed E-state index contributed by atoms with van der Waals surface area (Å²) in [5.41, 5.74) is -0.0687. The van der Waals surface area contributed by atoms with Gasteiger partial charge in [-0.25, -0.2) is 4.39 Å². The van der Waals surface area contributed by atoms with E-state index in [4.69, 9.17) is 16.3 Å². The second kappa shape index (κ2) is 3.54. The first-order valence-corrected chi connectivity index (χ1v) is 3.55. The van der Waals surface area contributed by atoms with Gasteiger partial charge in [0.2, 0.25) is 0 Å². The molecule has 0 spiro atoms. The van der Waals surface area contributed by atoms with Crippen LogP contribution in [0.15, 0.2) is 12.1 Å². The molecule has 0 saturated heterocycles. The molecule has 0 fully saturated rings. The zero-order valence-electron chi connectivity index (χ0n) is 6.30. The number of rotatable bonds is 2. The highest BCUT2D eigenvalue weighted by molar-refractivity contribution is 6.32. The first-order chi connectivity index (χ1) is 5.70. The molecule has 0 aliphatic carbocycles. The second-order valence-corrected chi connectivity index (χ2v) is 2.48. The van der Waals surface area contributed by atoms with Crippen LogP contribution in [-0.4, -0.2) is 13.4 Å².